The van der Waals surface area contributed by atoms with Crippen molar-refractivity contribution in [2.45, 2.75) is 6.92 Å². The van der Waals surface area contributed by atoms with E-state index in [1.807, 2.05) is 31.2 Å². The van der Waals surface area contributed by atoms with E-state index in [9.17, 15) is 4.79 Å². The molecule has 0 spiro atoms. The second-order valence-corrected chi connectivity index (χ2v) is 4.68. The summed E-state index contributed by atoms with van der Waals surface area (Å²) in [6.07, 6.45) is 0. The molecule has 0 saturated heterocycles. The number of benzene rings is 2. The van der Waals surface area contributed by atoms with E-state index in [1.165, 1.54) is 7.11 Å². The molecule has 0 aliphatic heterocycles. The van der Waals surface area contributed by atoms with Crippen LogP contribution in [0.5, 0.6) is 0 Å². The first kappa shape index (κ1) is 13.4. The highest BCUT2D eigenvalue weighted by atomic mass is 35.5. The summed E-state index contributed by atoms with van der Waals surface area (Å²) < 4.78 is 4.71. The molecule has 0 aliphatic rings. The van der Waals surface area contributed by atoms with Gasteiger partial charge in [0.15, 0.2) is 0 Å². The van der Waals surface area contributed by atoms with Crippen molar-refractivity contribution in [3.8, 4) is 11.1 Å². The van der Waals surface area contributed by atoms with Gasteiger partial charge in [0, 0.05) is 16.3 Å². The summed E-state index contributed by atoms with van der Waals surface area (Å²) in [5.74, 6) is -0.456. The van der Waals surface area contributed by atoms with Crippen LogP contribution in [0.15, 0.2) is 36.4 Å². The van der Waals surface area contributed by atoms with E-state index in [1.54, 1.807) is 12.1 Å². The summed E-state index contributed by atoms with van der Waals surface area (Å²) in [4.78, 5) is 11.6. The van der Waals surface area contributed by atoms with Crippen molar-refractivity contribution in [1.82, 2.24) is 0 Å². The molecule has 0 saturated carbocycles. The summed E-state index contributed by atoms with van der Waals surface area (Å²) in [6, 6.07) is 11.0. The van der Waals surface area contributed by atoms with Crippen LogP contribution in [0.3, 0.4) is 0 Å². The molecular formula is C15H14ClNO2. The molecule has 19 heavy (non-hydrogen) atoms. The third-order valence-corrected chi connectivity index (χ3v) is 3.21. The Balaban J connectivity index is 2.54. The van der Waals surface area contributed by atoms with Gasteiger partial charge >= 0.3 is 5.97 Å². The van der Waals surface area contributed by atoms with Crippen molar-refractivity contribution in [1.29, 1.82) is 0 Å². The number of ether oxygens (including phenoxy) is 1. The molecular weight excluding hydrogens is 262 g/mol. The number of hydrogen-bond donors (Lipinski definition) is 1. The van der Waals surface area contributed by atoms with Gasteiger partial charge in [-0.15, -0.1) is 0 Å². The first-order valence-electron chi connectivity index (χ1n) is 5.77. The second-order valence-electron chi connectivity index (χ2n) is 4.28. The molecule has 98 valence electrons. The van der Waals surface area contributed by atoms with E-state index in [-0.39, 0.29) is 0 Å². The zero-order valence-corrected chi connectivity index (χ0v) is 11.5. The highest BCUT2D eigenvalue weighted by Crippen LogP contribution is 2.30. The van der Waals surface area contributed by atoms with E-state index >= 15 is 0 Å². The maximum atomic E-state index is 11.6. The zero-order valence-electron chi connectivity index (χ0n) is 10.7. The van der Waals surface area contributed by atoms with Crippen LogP contribution in [0.1, 0.15) is 15.9 Å². The van der Waals surface area contributed by atoms with E-state index < -0.39 is 5.97 Å². The molecule has 0 radical (unpaired) electrons. The molecule has 2 rings (SSSR count). The third-order valence-electron chi connectivity index (χ3n) is 2.89. The summed E-state index contributed by atoms with van der Waals surface area (Å²) in [5.41, 5.74) is 9.28. The van der Waals surface area contributed by atoms with Crippen LogP contribution in [0.4, 0.5) is 5.69 Å². The summed E-state index contributed by atoms with van der Waals surface area (Å²) in [7, 11) is 1.33. The van der Waals surface area contributed by atoms with E-state index in [0.29, 0.717) is 16.3 Å². The zero-order chi connectivity index (χ0) is 14.0. The summed E-state index contributed by atoms with van der Waals surface area (Å²) in [6.45, 7) is 1.97. The normalized spacial score (nSPS) is 10.3. The van der Waals surface area contributed by atoms with Crippen molar-refractivity contribution in [3.63, 3.8) is 0 Å². The molecule has 0 amide bonds. The average Bonchev–Trinajstić information content (AvgIpc) is 2.39. The highest BCUT2D eigenvalue weighted by molar-refractivity contribution is 6.33. The maximum Gasteiger partial charge on any atom is 0.339 e. The molecule has 0 bridgehead atoms. The number of esters is 1. The monoisotopic (exact) mass is 275 g/mol. The Hall–Kier alpha value is -2.00. The van der Waals surface area contributed by atoms with Crippen LogP contribution in [-0.2, 0) is 4.74 Å². The topological polar surface area (TPSA) is 52.3 Å². The molecule has 2 aromatic rings. The summed E-state index contributed by atoms with van der Waals surface area (Å²) in [5, 5.41) is 0.639. The molecule has 0 atom stereocenters. The van der Waals surface area contributed by atoms with Crippen molar-refractivity contribution in [3.05, 3.63) is 52.5 Å². The first-order chi connectivity index (χ1) is 9.02. The predicted octanol–water partition coefficient (Wildman–Crippen LogP) is 3.68. The van der Waals surface area contributed by atoms with Crippen LogP contribution >= 0.6 is 11.6 Å². The van der Waals surface area contributed by atoms with E-state index in [4.69, 9.17) is 22.1 Å². The Bertz CT molecular complexity index is 638. The first-order valence-corrected chi connectivity index (χ1v) is 6.15. The SMILES string of the molecule is COC(=O)c1cc(-c2ccc(C)cc2Cl)ccc1N. The van der Waals surface area contributed by atoms with Crippen molar-refractivity contribution in [2.24, 2.45) is 0 Å². The smallest absolute Gasteiger partial charge is 0.339 e. The lowest BCUT2D eigenvalue weighted by molar-refractivity contribution is 0.0602. The summed E-state index contributed by atoms with van der Waals surface area (Å²) >= 11 is 6.22. The molecule has 0 fully saturated rings. The standard InChI is InChI=1S/C15H14ClNO2/c1-9-3-5-11(13(16)7-9)10-4-6-14(17)12(8-10)15(18)19-2/h3-8H,17H2,1-2H3. The lowest BCUT2D eigenvalue weighted by Crippen LogP contribution is -2.05. The highest BCUT2D eigenvalue weighted by Gasteiger charge is 2.12. The van der Waals surface area contributed by atoms with Gasteiger partial charge in [-0.1, -0.05) is 29.8 Å². The molecule has 0 unspecified atom stereocenters. The fraction of sp³-hybridized carbons (Fsp3) is 0.133. The Labute approximate surface area is 117 Å². The maximum absolute atomic E-state index is 11.6. The van der Waals surface area contributed by atoms with E-state index in [2.05, 4.69) is 0 Å². The predicted molar refractivity (Wildman–Crippen MR) is 77.4 cm³/mol. The minimum absolute atomic E-state index is 0.344. The number of anilines is 1. The Kier molecular flexibility index (Phi) is 3.76. The van der Waals surface area contributed by atoms with Crippen LogP contribution in [0, 0.1) is 6.92 Å². The van der Waals surface area contributed by atoms with Gasteiger partial charge in [-0.25, -0.2) is 4.79 Å². The van der Waals surface area contributed by atoms with Gasteiger partial charge in [0.2, 0.25) is 0 Å². The van der Waals surface area contributed by atoms with Gasteiger partial charge in [0.05, 0.1) is 12.7 Å². The van der Waals surface area contributed by atoms with Gasteiger partial charge < -0.3 is 10.5 Å². The second kappa shape index (κ2) is 5.33. The fourth-order valence-electron chi connectivity index (χ4n) is 1.86. The Morgan fingerprint density at radius 2 is 1.95 bits per heavy atom. The molecule has 2 aromatic carbocycles. The lowest BCUT2D eigenvalue weighted by Gasteiger charge is -2.09. The van der Waals surface area contributed by atoms with Gasteiger partial charge in [-0.3, -0.25) is 0 Å². The number of nitrogens with two attached hydrogens (primary N) is 1. The number of aryl methyl sites for hydroxylation is 1. The van der Waals surface area contributed by atoms with Crippen LogP contribution in [0.2, 0.25) is 5.02 Å². The van der Waals surface area contributed by atoms with Crippen LogP contribution in [-0.4, -0.2) is 13.1 Å². The third kappa shape index (κ3) is 2.71. The Morgan fingerprint density at radius 1 is 1.21 bits per heavy atom. The van der Waals surface area contributed by atoms with Crippen molar-refractivity contribution < 1.29 is 9.53 Å². The van der Waals surface area contributed by atoms with Gasteiger partial charge in [-0.2, -0.15) is 0 Å². The number of hydrogen-bond acceptors (Lipinski definition) is 3. The largest absolute Gasteiger partial charge is 0.465 e. The molecule has 0 heterocycles. The number of halogens is 1. The van der Waals surface area contributed by atoms with Crippen LogP contribution < -0.4 is 5.73 Å². The number of carbonyl (C=O) groups excluding carboxylic acids is 1. The van der Waals surface area contributed by atoms with Crippen molar-refractivity contribution >= 4 is 23.3 Å². The van der Waals surface area contributed by atoms with Gasteiger partial charge in [0.1, 0.15) is 0 Å². The van der Waals surface area contributed by atoms with Gasteiger partial charge in [-0.05, 0) is 36.2 Å². The van der Waals surface area contributed by atoms with Gasteiger partial charge in [0.25, 0.3) is 0 Å². The molecule has 3 nitrogen and oxygen atoms in total. The minimum Gasteiger partial charge on any atom is -0.465 e. The quantitative estimate of drug-likeness (QED) is 0.672. The number of carbonyl (C=O) groups is 1. The fourth-order valence-corrected chi connectivity index (χ4v) is 2.21. The molecule has 4 heteroatoms. The molecule has 2 N–H and O–H groups in total. The van der Waals surface area contributed by atoms with E-state index in [0.717, 1.165) is 16.7 Å². The molecule has 0 aliphatic carbocycles. The van der Waals surface area contributed by atoms with Crippen molar-refractivity contribution in [2.75, 3.05) is 12.8 Å². The Morgan fingerprint density at radius 3 is 2.58 bits per heavy atom. The number of methoxy groups -OCH3 is 1. The average molecular weight is 276 g/mol. The minimum atomic E-state index is -0.456. The number of nitrogen functional groups attached to an aromatic ring is 1. The van der Waals surface area contributed by atoms with Crippen LogP contribution in [0.25, 0.3) is 11.1 Å². The molecule has 0 aromatic heterocycles. The lowest BCUT2D eigenvalue weighted by atomic mass is 10.0. The number of rotatable bonds is 2.